The smallest absolute Gasteiger partial charge is 0.262 e. The van der Waals surface area contributed by atoms with E-state index in [1.54, 1.807) is 18.2 Å². The molecule has 0 saturated carbocycles. The molecule has 1 aromatic heterocycles. The van der Waals surface area contributed by atoms with Crippen molar-refractivity contribution in [3.05, 3.63) is 60.5 Å². The molecule has 0 saturated heterocycles. The van der Waals surface area contributed by atoms with Crippen molar-refractivity contribution in [3.8, 4) is 5.75 Å². The number of hydrogen-bond acceptors (Lipinski definition) is 2. The van der Waals surface area contributed by atoms with Crippen molar-refractivity contribution in [2.75, 3.05) is 11.9 Å². The molecule has 21 heavy (non-hydrogen) atoms. The van der Waals surface area contributed by atoms with Crippen molar-refractivity contribution in [3.63, 3.8) is 0 Å². The van der Waals surface area contributed by atoms with Crippen molar-refractivity contribution in [2.24, 2.45) is 0 Å². The Bertz CT molecular complexity index is 783. The number of aromatic amines is 1. The number of carbonyl (C=O) groups is 1. The molecule has 0 aliphatic heterocycles. The number of hydrogen-bond donors (Lipinski definition) is 2. The second kappa shape index (κ2) is 5.66. The van der Waals surface area contributed by atoms with E-state index in [2.05, 4.69) is 10.3 Å². The zero-order valence-corrected chi connectivity index (χ0v) is 11.1. The first-order chi connectivity index (χ1) is 10.2. The Hall–Kier alpha value is -2.82. The van der Waals surface area contributed by atoms with Crippen LogP contribution in [0.3, 0.4) is 0 Å². The highest BCUT2D eigenvalue weighted by Crippen LogP contribution is 2.18. The van der Waals surface area contributed by atoms with Crippen LogP contribution in [-0.2, 0) is 4.79 Å². The fraction of sp³-hybridized carbons (Fsp3) is 0.0625. The Morgan fingerprint density at radius 2 is 2.05 bits per heavy atom. The normalized spacial score (nSPS) is 10.5. The minimum atomic E-state index is -0.488. The predicted octanol–water partition coefficient (Wildman–Crippen LogP) is 3.32. The number of rotatable bonds is 4. The molecule has 2 N–H and O–H groups in total. The highest BCUT2D eigenvalue weighted by atomic mass is 19.1. The van der Waals surface area contributed by atoms with Crippen LogP contribution in [0, 0.1) is 5.82 Å². The number of ether oxygens (including phenoxy) is 1. The first kappa shape index (κ1) is 13.2. The molecule has 0 fully saturated rings. The lowest BCUT2D eigenvalue weighted by molar-refractivity contribution is -0.118. The van der Waals surface area contributed by atoms with E-state index in [1.165, 1.54) is 12.1 Å². The van der Waals surface area contributed by atoms with Gasteiger partial charge < -0.3 is 15.0 Å². The Labute approximate surface area is 120 Å². The number of benzene rings is 2. The summed E-state index contributed by atoms with van der Waals surface area (Å²) in [6.07, 6.45) is 1.83. The third-order valence-corrected chi connectivity index (χ3v) is 3.03. The summed E-state index contributed by atoms with van der Waals surface area (Å²) in [4.78, 5) is 14.9. The van der Waals surface area contributed by atoms with Crippen LogP contribution in [0.15, 0.2) is 54.7 Å². The molecule has 0 unspecified atom stereocenters. The van der Waals surface area contributed by atoms with E-state index in [9.17, 15) is 9.18 Å². The fourth-order valence-corrected chi connectivity index (χ4v) is 2.03. The maximum absolute atomic E-state index is 13.3. The van der Waals surface area contributed by atoms with Gasteiger partial charge in [0.1, 0.15) is 0 Å². The van der Waals surface area contributed by atoms with Crippen LogP contribution in [-0.4, -0.2) is 17.5 Å². The topological polar surface area (TPSA) is 54.1 Å². The van der Waals surface area contributed by atoms with Crippen LogP contribution in [0.25, 0.3) is 10.9 Å². The Balaban J connectivity index is 1.62. The molecule has 0 bridgehead atoms. The highest BCUT2D eigenvalue weighted by Gasteiger charge is 2.07. The third kappa shape index (κ3) is 3.02. The van der Waals surface area contributed by atoms with E-state index in [0.717, 1.165) is 10.9 Å². The van der Waals surface area contributed by atoms with Gasteiger partial charge in [0.15, 0.2) is 18.2 Å². The molecular weight excluding hydrogens is 271 g/mol. The highest BCUT2D eigenvalue weighted by molar-refractivity contribution is 5.94. The van der Waals surface area contributed by atoms with Crippen LogP contribution in [0.2, 0.25) is 0 Å². The maximum atomic E-state index is 13.3. The largest absolute Gasteiger partial charge is 0.481 e. The zero-order chi connectivity index (χ0) is 14.7. The van der Waals surface area contributed by atoms with Gasteiger partial charge in [-0.25, -0.2) is 4.39 Å². The van der Waals surface area contributed by atoms with E-state index >= 15 is 0 Å². The average molecular weight is 284 g/mol. The molecule has 0 radical (unpaired) electrons. The average Bonchev–Trinajstić information content (AvgIpc) is 2.94. The summed E-state index contributed by atoms with van der Waals surface area (Å²) in [7, 11) is 0. The molecule has 0 atom stereocenters. The van der Waals surface area contributed by atoms with Crippen LogP contribution < -0.4 is 10.1 Å². The van der Waals surface area contributed by atoms with Gasteiger partial charge in [0.2, 0.25) is 0 Å². The van der Waals surface area contributed by atoms with Gasteiger partial charge in [0, 0.05) is 17.4 Å². The van der Waals surface area contributed by atoms with Crippen LogP contribution >= 0.6 is 0 Å². The molecular formula is C16H13FN2O2. The second-order valence-corrected chi connectivity index (χ2v) is 4.55. The molecule has 0 aliphatic carbocycles. The minimum absolute atomic E-state index is 0.0625. The van der Waals surface area contributed by atoms with Crippen LogP contribution in [0.5, 0.6) is 5.75 Å². The first-order valence-electron chi connectivity index (χ1n) is 6.47. The zero-order valence-electron chi connectivity index (χ0n) is 11.1. The standard InChI is InChI=1S/C16H13FN2O2/c17-13-3-1-2-4-15(13)21-10-16(20)19-12-6-5-11-7-8-18-14(11)9-12/h1-9,18H,10H2,(H,19,20). The Kier molecular flexibility index (Phi) is 3.55. The lowest BCUT2D eigenvalue weighted by Crippen LogP contribution is -2.20. The number of anilines is 1. The van der Waals surface area contributed by atoms with Gasteiger partial charge in [-0.2, -0.15) is 0 Å². The fourth-order valence-electron chi connectivity index (χ4n) is 2.03. The lowest BCUT2D eigenvalue weighted by Gasteiger charge is -2.08. The molecule has 2 aromatic carbocycles. The van der Waals surface area contributed by atoms with E-state index in [1.807, 2.05) is 24.4 Å². The van der Waals surface area contributed by atoms with Gasteiger partial charge in [0.05, 0.1) is 0 Å². The molecule has 3 rings (SSSR count). The van der Waals surface area contributed by atoms with E-state index in [-0.39, 0.29) is 18.3 Å². The lowest BCUT2D eigenvalue weighted by atomic mass is 10.2. The summed E-state index contributed by atoms with van der Waals surface area (Å²) < 4.78 is 18.5. The van der Waals surface area contributed by atoms with Gasteiger partial charge in [-0.1, -0.05) is 18.2 Å². The van der Waals surface area contributed by atoms with Crippen molar-refractivity contribution >= 4 is 22.5 Å². The minimum Gasteiger partial charge on any atom is -0.481 e. The van der Waals surface area contributed by atoms with Crippen molar-refractivity contribution in [2.45, 2.75) is 0 Å². The summed E-state index contributed by atoms with van der Waals surface area (Å²) >= 11 is 0. The summed E-state index contributed by atoms with van der Waals surface area (Å²) in [5, 5.41) is 3.77. The maximum Gasteiger partial charge on any atom is 0.262 e. The van der Waals surface area contributed by atoms with E-state index < -0.39 is 5.82 Å². The number of fused-ring (bicyclic) bond motifs is 1. The second-order valence-electron chi connectivity index (χ2n) is 4.55. The summed E-state index contributed by atoms with van der Waals surface area (Å²) in [5.41, 5.74) is 1.59. The van der Waals surface area contributed by atoms with Crippen molar-refractivity contribution in [1.82, 2.24) is 4.98 Å². The summed E-state index contributed by atoms with van der Waals surface area (Å²) in [6.45, 7) is -0.246. The molecule has 4 nitrogen and oxygen atoms in total. The van der Waals surface area contributed by atoms with Gasteiger partial charge in [-0.3, -0.25) is 4.79 Å². The predicted molar refractivity (Wildman–Crippen MR) is 78.8 cm³/mol. The van der Waals surface area contributed by atoms with Gasteiger partial charge >= 0.3 is 0 Å². The van der Waals surface area contributed by atoms with Crippen LogP contribution in [0.4, 0.5) is 10.1 Å². The Morgan fingerprint density at radius 3 is 2.90 bits per heavy atom. The molecule has 3 aromatic rings. The summed E-state index contributed by atoms with van der Waals surface area (Å²) in [6, 6.07) is 13.5. The quantitative estimate of drug-likeness (QED) is 0.772. The third-order valence-electron chi connectivity index (χ3n) is 3.03. The molecule has 1 amide bonds. The van der Waals surface area contributed by atoms with E-state index in [0.29, 0.717) is 5.69 Å². The summed E-state index contributed by atoms with van der Waals surface area (Å²) in [5.74, 6) is -0.769. The van der Waals surface area contributed by atoms with Crippen molar-refractivity contribution < 1.29 is 13.9 Å². The molecule has 0 aliphatic rings. The van der Waals surface area contributed by atoms with Gasteiger partial charge in [-0.15, -0.1) is 0 Å². The number of carbonyl (C=O) groups excluding carboxylic acids is 1. The van der Waals surface area contributed by atoms with E-state index in [4.69, 9.17) is 4.74 Å². The number of amides is 1. The number of aromatic nitrogens is 1. The number of H-pyrrole nitrogens is 1. The molecule has 5 heteroatoms. The van der Waals surface area contributed by atoms with Crippen molar-refractivity contribution in [1.29, 1.82) is 0 Å². The van der Waals surface area contributed by atoms with Gasteiger partial charge in [0.25, 0.3) is 5.91 Å². The number of para-hydroxylation sites is 1. The monoisotopic (exact) mass is 284 g/mol. The molecule has 0 spiro atoms. The molecule has 1 heterocycles. The van der Waals surface area contributed by atoms with Crippen LogP contribution in [0.1, 0.15) is 0 Å². The SMILES string of the molecule is O=C(COc1ccccc1F)Nc1ccc2cc[nH]c2c1. The Morgan fingerprint density at radius 1 is 1.19 bits per heavy atom. The molecule has 106 valence electrons. The first-order valence-corrected chi connectivity index (χ1v) is 6.47. The van der Waals surface area contributed by atoms with Gasteiger partial charge in [-0.05, 0) is 35.7 Å². The number of nitrogens with one attached hydrogen (secondary N) is 2. The number of halogens is 1.